The summed E-state index contributed by atoms with van der Waals surface area (Å²) in [5.74, 6) is -0.183. The summed E-state index contributed by atoms with van der Waals surface area (Å²) < 4.78 is 5.92. The molecule has 3 N–H and O–H groups in total. The predicted octanol–water partition coefficient (Wildman–Crippen LogP) is 2.87. The van der Waals surface area contributed by atoms with Gasteiger partial charge in [-0.15, -0.1) is 0 Å². The Labute approximate surface area is 221 Å². The summed E-state index contributed by atoms with van der Waals surface area (Å²) in [6.45, 7) is 12.7. The normalized spacial score (nSPS) is 25.2. The molecule has 1 aliphatic rings. The lowest BCUT2D eigenvalue weighted by Crippen LogP contribution is -2.56. The Bertz CT molecular complexity index is 960. The van der Waals surface area contributed by atoms with Gasteiger partial charge >= 0.3 is 0 Å². The lowest BCUT2D eigenvalue weighted by molar-refractivity contribution is -0.141. The topological polar surface area (TPSA) is 99.8 Å². The second-order valence-electron chi connectivity index (χ2n) is 9.21. The SMILES string of the molecule is C=C/C1=C(\C=C)OCCN[C@@H](CCC)C(=O)N(C)[C@@H](C)C(=O)NC(Cc2ccccc2)C(=O)NCCC1. The zero-order valence-electron chi connectivity index (χ0n) is 22.4. The molecule has 0 aromatic heterocycles. The Morgan fingerprint density at radius 1 is 1.05 bits per heavy atom. The minimum Gasteiger partial charge on any atom is -0.492 e. The number of carbonyl (C=O) groups is 3. The van der Waals surface area contributed by atoms with Crippen molar-refractivity contribution in [2.24, 2.45) is 0 Å². The summed E-state index contributed by atoms with van der Waals surface area (Å²) in [7, 11) is 1.62. The summed E-state index contributed by atoms with van der Waals surface area (Å²) in [5, 5.41) is 9.10. The van der Waals surface area contributed by atoms with Crippen molar-refractivity contribution in [3.05, 3.63) is 72.5 Å². The van der Waals surface area contributed by atoms with Crippen molar-refractivity contribution in [3.63, 3.8) is 0 Å². The molecule has 1 unspecified atom stereocenters. The second-order valence-corrected chi connectivity index (χ2v) is 9.21. The van der Waals surface area contributed by atoms with Crippen LogP contribution < -0.4 is 16.0 Å². The minimum atomic E-state index is -0.772. The van der Waals surface area contributed by atoms with Crippen LogP contribution in [0.4, 0.5) is 0 Å². The monoisotopic (exact) mass is 510 g/mol. The van der Waals surface area contributed by atoms with Crippen molar-refractivity contribution in [2.45, 2.75) is 64.1 Å². The molecule has 0 bridgehead atoms. The van der Waals surface area contributed by atoms with Gasteiger partial charge < -0.3 is 25.6 Å². The second kappa shape index (κ2) is 15.7. The quantitative estimate of drug-likeness (QED) is 0.547. The molecule has 0 saturated heterocycles. The van der Waals surface area contributed by atoms with Crippen molar-refractivity contribution in [3.8, 4) is 0 Å². The summed E-state index contributed by atoms with van der Waals surface area (Å²) in [6, 6.07) is 7.56. The summed E-state index contributed by atoms with van der Waals surface area (Å²) in [4.78, 5) is 41.0. The number of nitrogens with zero attached hydrogens (tertiary/aromatic N) is 1. The third-order valence-electron chi connectivity index (χ3n) is 6.52. The number of carbonyl (C=O) groups excluding carboxylic acids is 3. The molecular weight excluding hydrogens is 468 g/mol. The van der Waals surface area contributed by atoms with Crippen LogP contribution in [0.25, 0.3) is 0 Å². The number of allylic oxidation sites excluding steroid dienone is 3. The number of rotatable bonds is 6. The van der Waals surface area contributed by atoms with Crippen LogP contribution in [-0.4, -0.2) is 67.5 Å². The van der Waals surface area contributed by atoms with Crippen LogP contribution in [0.1, 0.15) is 45.1 Å². The maximum absolute atomic E-state index is 13.3. The largest absolute Gasteiger partial charge is 0.492 e. The van der Waals surface area contributed by atoms with Crippen LogP contribution >= 0.6 is 0 Å². The van der Waals surface area contributed by atoms with Crippen LogP contribution in [-0.2, 0) is 25.5 Å². The van der Waals surface area contributed by atoms with Gasteiger partial charge in [-0.2, -0.15) is 0 Å². The molecule has 2 rings (SSSR count). The van der Waals surface area contributed by atoms with E-state index >= 15 is 0 Å². The number of likely N-dealkylation sites (N-methyl/N-ethyl adjacent to an activating group) is 1. The standard InChI is InChI=1S/C29H42N4O4/c1-6-13-24-29(36)33(5)21(4)27(34)32-25(20-22-14-10-9-11-15-22)28(35)31-17-12-16-23(7-2)26(8-3)37-19-18-30-24/h7-11,14-15,21,24-25,30H,2-3,6,12-13,16-20H2,1,4-5H3,(H,31,35)(H,32,34)/b26-23-/t21-,24-,25?/m0/s1. The van der Waals surface area contributed by atoms with E-state index in [1.54, 1.807) is 26.1 Å². The molecule has 0 aliphatic carbocycles. The zero-order chi connectivity index (χ0) is 27.2. The molecule has 3 amide bonds. The fourth-order valence-electron chi connectivity index (χ4n) is 4.18. The van der Waals surface area contributed by atoms with E-state index in [1.165, 1.54) is 4.90 Å². The highest BCUT2D eigenvalue weighted by atomic mass is 16.5. The fraction of sp³-hybridized carbons (Fsp3) is 0.483. The van der Waals surface area contributed by atoms with Gasteiger partial charge in [0.15, 0.2) is 0 Å². The van der Waals surface area contributed by atoms with Crippen LogP contribution in [0.5, 0.6) is 0 Å². The number of nitrogens with one attached hydrogen (secondary N) is 3. The number of hydrogen-bond acceptors (Lipinski definition) is 5. The highest BCUT2D eigenvalue weighted by Crippen LogP contribution is 2.15. The first-order valence-corrected chi connectivity index (χ1v) is 13.0. The average Bonchev–Trinajstić information content (AvgIpc) is 2.91. The molecule has 0 spiro atoms. The molecule has 0 fully saturated rings. The Morgan fingerprint density at radius 2 is 1.78 bits per heavy atom. The van der Waals surface area contributed by atoms with Crippen LogP contribution in [0.15, 0.2) is 67.0 Å². The van der Waals surface area contributed by atoms with E-state index in [9.17, 15) is 14.4 Å². The maximum atomic E-state index is 13.3. The molecule has 8 heteroatoms. The van der Waals surface area contributed by atoms with Gasteiger partial charge in [0.1, 0.15) is 24.4 Å². The Hall–Kier alpha value is -3.39. The van der Waals surface area contributed by atoms with Gasteiger partial charge in [-0.05, 0) is 43.4 Å². The van der Waals surface area contributed by atoms with E-state index in [-0.39, 0.29) is 17.7 Å². The first-order chi connectivity index (χ1) is 17.8. The molecule has 1 heterocycles. The molecule has 8 nitrogen and oxygen atoms in total. The van der Waals surface area contributed by atoms with E-state index in [1.807, 2.05) is 37.3 Å². The van der Waals surface area contributed by atoms with E-state index in [0.29, 0.717) is 51.1 Å². The molecule has 1 aromatic rings. The molecule has 1 aliphatic heterocycles. The molecule has 0 radical (unpaired) electrons. The smallest absolute Gasteiger partial charge is 0.243 e. The maximum Gasteiger partial charge on any atom is 0.243 e. The van der Waals surface area contributed by atoms with Crippen LogP contribution in [0.3, 0.4) is 0 Å². The summed E-state index contributed by atoms with van der Waals surface area (Å²) in [6.07, 6.45) is 6.48. The summed E-state index contributed by atoms with van der Waals surface area (Å²) >= 11 is 0. The van der Waals surface area contributed by atoms with Gasteiger partial charge in [-0.25, -0.2) is 0 Å². The highest BCUT2D eigenvalue weighted by molar-refractivity contribution is 5.92. The van der Waals surface area contributed by atoms with Gasteiger partial charge in [0.2, 0.25) is 17.7 Å². The Kier molecular flexibility index (Phi) is 12.6. The lowest BCUT2D eigenvalue weighted by atomic mass is 10.0. The van der Waals surface area contributed by atoms with Crippen LogP contribution in [0, 0.1) is 0 Å². The van der Waals surface area contributed by atoms with Crippen molar-refractivity contribution < 1.29 is 19.1 Å². The molecule has 37 heavy (non-hydrogen) atoms. The number of benzene rings is 1. The van der Waals surface area contributed by atoms with E-state index in [4.69, 9.17) is 4.74 Å². The first kappa shape index (κ1) is 29.8. The molecule has 0 saturated carbocycles. The first-order valence-electron chi connectivity index (χ1n) is 13.0. The predicted molar refractivity (Wildman–Crippen MR) is 147 cm³/mol. The fourth-order valence-corrected chi connectivity index (χ4v) is 4.18. The van der Waals surface area contributed by atoms with Crippen molar-refractivity contribution in [1.82, 2.24) is 20.9 Å². The lowest BCUT2D eigenvalue weighted by Gasteiger charge is -2.30. The molecule has 202 valence electrons. The zero-order valence-corrected chi connectivity index (χ0v) is 22.4. The third kappa shape index (κ3) is 9.21. The number of amides is 3. The van der Waals surface area contributed by atoms with Gasteiger partial charge in [0.05, 0.1) is 6.04 Å². The van der Waals surface area contributed by atoms with E-state index in [0.717, 1.165) is 17.6 Å². The number of ether oxygens (including phenoxy) is 1. The Balaban J connectivity index is 2.31. The highest BCUT2D eigenvalue weighted by Gasteiger charge is 2.30. The molecular formula is C29H42N4O4. The van der Waals surface area contributed by atoms with Crippen LogP contribution in [0.2, 0.25) is 0 Å². The average molecular weight is 511 g/mol. The van der Waals surface area contributed by atoms with Crippen molar-refractivity contribution in [1.29, 1.82) is 0 Å². The van der Waals surface area contributed by atoms with Gasteiger partial charge in [-0.1, -0.05) is 62.9 Å². The molecule has 3 atom stereocenters. The Morgan fingerprint density at radius 3 is 2.43 bits per heavy atom. The van der Waals surface area contributed by atoms with Gasteiger partial charge in [-0.3, -0.25) is 14.4 Å². The van der Waals surface area contributed by atoms with E-state index in [2.05, 4.69) is 29.1 Å². The van der Waals surface area contributed by atoms with Gasteiger partial charge in [0.25, 0.3) is 0 Å². The summed E-state index contributed by atoms with van der Waals surface area (Å²) in [5.41, 5.74) is 1.83. The minimum absolute atomic E-state index is 0.180. The van der Waals surface area contributed by atoms with E-state index < -0.39 is 18.1 Å². The number of hydrogen-bond donors (Lipinski definition) is 3. The van der Waals surface area contributed by atoms with Crippen molar-refractivity contribution in [2.75, 3.05) is 26.7 Å². The van der Waals surface area contributed by atoms with Gasteiger partial charge in [0, 0.05) is 26.6 Å². The third-order valence-corrected chi connectivity index (χ3v) is 6.52. The molecule has 1 aromatic carbocycles. The van der Waals surface area contributed by atoms with Crippen molar-refractivity contribution >= 4 is 17.7 Å².